The van der Waals surface area contributed by atoms with Crippen molar-refractivity contribution in [3.8, 4) is 12.1 Å². The number of ketones is 1. The minimum absolute atomic E-state index is 0. The number of hydrogen-bond acceptors (Lipinski definition) is 8. The molecule has 0 spiro atoms. The van der Waals surface area contributed by atoms with Crippen LogP contribution in [-0.4, -0.2) is 28.3 Å². The number of esters is 1. The number of aromatic amines is 1. The van der Waals surface area contributed by atoms with E-state index in [-0.39, 0.29) is 85.6 Å². The molecule has 3 N–H and O–H groups in total. The van der Waals surface area contributed by atoms with Crippen LogP contribution in [-0.2, 0) is 27.0 Å². The number of pyridine rings is 1. The van der Waals surface area contributed by atoms with Crippen LogP contribution >= 0.6 is 12.2 Å². The Morgan fingerprint density at radius 2 is 1.96 bits per heavy atom. The van der Waals surface area contributed by atoms with E-state index in [0.717, 1.165) is 0 Å². The van der Waals surface area contributed by atoms with Crippen molar-refractivity contribution in [2.24, 2.45) is 5.73 Å². The Balaban J connectivity index is -0.000000329. The summed E-state index contributed by atoms with van der Waals surface area (Å²) in [7, 11) is 0. The summed E-state index contributed by atoms with van der Waals surface area (Å²) in [5.41, 5.74) is 5.65. The van der Waals surface area contributed by atoms with Crippen LogP contribution in [0, 0.1) is 29.6 Å². The second kappa shape index (κ2) is 18.2. The van der Waals surface area contributed by atoms with Gasteiger partial charge in [-0.1, -0.05) is 17.2 Å². The minimum atomic E-state index is -0.440. The third-order valence-electron chi connectivity index (χ3n) is 2.27. The molecule has 0 aliphatic carbocycles. The number of nitrogens with zero attached hydrogens (tertiary/aromatic N) is 2. The Kier molecular flexibility index (Phi) is 20.6. The number of rotatable bonds is 4. The monoisotopic (exact) mass is 434 g/mol. The first kappa shape index (κ1) is 30.5. The Morgan fingerprint density at radius 3 is 2.26 bits per heavy atom. The quantitative estimate of drug-likeness (QED) is 0.183. The van der Waals surface area contributed by atoms with Crippen molar-refractivity contribution in [3.63, 3.8) is 0 Å². The van der Waals surface area contributed by atoms with Gasteiger partial charge in [0.2, 0.25) is 5.56 Å². The standard InChI is InChI=1S/C7H6N2OS.C6H10O3.C3H4N2S.K/c1-4-2-6(10)9-7(11)5(4)3-8;1-3-9-6(8)4-5(2)7;4-2-1-3(5)6;/h2H,1H3,(H2,9,10,11);3-4H2,1-2H3;1H2,(H2,5,6);/q;;;+1/p-1. The van der Waals surface area contributed by atoms with Crippen LogP contribution in [0.25, 0.3) is 0 Å². The van der Waals surface area contributed by atoms with Crippen LogP contribution in [0.4, 0.5) is 0 Å². The summed E-state index contributed by atoms with van der Waals surface area (Å²) in [6.07, 6.45) is 0.0865. The molecule has 1 aromatic heterocycles. The average Bonchev–Trinajstić information content (AvgIpc) is 2.47. The zero-order valence-corrected chi connectivity index (χ0v) is 20.4. The predicted molar refractivity (Wildman–Crippen MR) is 101 cm³/mol. The summed E-state index contributed by atoms with van der Waals surface area (Å²) in [5, 5.41) is 16.6. The molecule has 8 nitrogen and oxygen atoms in total. The molecule has 0 radical (unpaired) electrons. The van der Waals surface area contributed by atoms with Gasteiger partial charge in [-0.25, -0.2) is 0 Å². The molecule has 0 amide bonds. The van der Waals surface area contributed by atoms with E-state index in [0.29, 0.717) is 17.7 Å². The van der Waals surface area contributed by atoms with E-state index < -0.39 is 5.97 Å². The van der Waals surface area contributed by atoms with Gasteiger partial charge in [0.1, 0.15) is 12.2 Å². The predicted octanol–water partition coefficient (Wildman–Crippen LogP) is -1.82. The number of Topliss-reactive ketones (excluding diaryl/α,β-unsaturated/α-hetero) is 1. The van der Waals surface area contributed by atoms with Crippen LogP contribution in [0.3, 0.4) is 0 Å². The zero-order chi connectivity index (χ0) is 20.7. The second-order valence-electron chi connectivity index (χ2n) is 4.62. The smallest absolute Gasteiger partial charge is 0.761 e. The maximum Gasteiger partial charge on any atom is 1.00 e. The number of thiocarbonyl (C=S) groups is 1. The third kappa shape index (κ3) is 18.0. The fourth-order valence-electron chi connectivity index (χ4n) is 1.29. The SMILES string of the molecule is CCOC(=O)CC(C)=O.Cc1cc(=O)[nH]c([S-])c1C#N.N#CCC(N)=S.[K+]. The van der Waals surface area contributed by atoms with E-state index in [9.17, 15) is 14.4 Å². The van der Waals surface area contributed by atoms with Crippen molar-refractivity contribution in [3.05, 3.63) is 27.5 Å². The molecular weight excluding hydrogens is 415 g/mol. The fraction of sp³-hybridized carbons (Fsp3) is 0.375. The van der Waals surface area contributed by atoms with E-state index in [1.54, 1.807) is 19.9 Å². The van der Waals surface area contributed by atoms with E-state index >= 15 is 0 Å². The van der Waals surface area contributed by atoms with Crippen molar-refractivity contribution in [1.82, 2.24) is 4.98 Å². The molecule has 0 atom stereocenters. The summed E-state index contributed by atoms with van der Waals surface area (Å²) >= 11 is 9.10. The Morgan fingerprint density at radius 1 is 1.41 bits per heavy atom. The van der Waals surface area contributed by atoms with E-state index in [1.807, 2.05) is 6.07 Å². The third-order valence-corrected chi connectivity index (χ3v) is 2.72. The van der Waals surface area contributed by atoms with Gasteiger partial charge < -0.3 is 28.1 Å². The van der Waals surface area contributed by atoms with Crippen LogP contribution in [0.1, 0.15) is 37.8 Å². The molecule has 1 aromatic rings. The summed E-state index contributed by atoms with van der Waals surface area (Å²) < 4.78 is 4.49. The Bertz CT molecular complexity index is 756. The van der Waals surface area contributed by atoms with Crippen molar-refractivity contribution in [1.29, 1.82) is 10.5 Å². The van der Waals surface area contributed by atoms with Crippen molar-refractivity contribution in [2.75, 3.05) is 6.61 Å². The van der Waals surface area contributed by atoms with Gasteiger partial charge in [-0.15, -0.1) is 0 Å². The topological polar surface area (TPSA) is 150 Å². The van der Waals surface area contributed by atoms with Crippen molar-refractivity contribution < 1.29 is 65.7 Å². The van der Waals surface area contributed by atoms with E-state index in [2.05, 4.69) is 21.9 Å². The van der Waals surface area contributed by atoms with Gasteiger partial charge in [0.15, 0.2) is 0 Å². The molecule has 0 aliphatic rings. The van der Waals surface area contributed by atoms with Gasteiger partial charge >= 0.3 is 57.4 Å². The van der Waals surface area contributed by atoms with Crippen LogP contribution in [0.5, 0.6) is 0 Å². The normalized spacial score (nSPS) is 8.04. The van der Waals surface area contributed by atoms with Gasteiger partial charge in [-0.05, 0) is 26.3 Å². The van der Waals surface area contributed by atoms with Gasteiger partial charge in [0.05, 0.1) is 35.7 Å². The van der Waals surface area contributed by atoms with E-state index in [1.165, 1.54) is 13.0 Å². The number of H-pyrrole nitrogens is 1. The number of ether oxygens (including phenoxy) is 1. The Hall–Kier alpha value is -1.18. The van der Waals surface area contributed by atoms with Gasteiger partial charge in [-0.2, -0.15) is 10.5 Å². The van der Waals surface area contributed by atoms with Crippen molar-refractivity contribution >= 4 is 41.6 Å². The fourth-order valence-corrected chi connectivity index (χ4v) is 1.66. The summed E-state index contributed by atoms with van der Waals surface area (Å²) in [5.74, 6) is -0.599. The maximum atomic E-state index is 10.7. The van der Waals surface area contributed by atoms with Gasteiger partial charge in [-0.3, -0.25) is 14.4 Å². The molecule has 0 aliphatic heterocycles. The van der Waals surface area contributed by atoms with Crippen LogP contribution in [0.15, 0.2) is 15.9 Å². The maximum absolute atomic E-state index is 10.7. The number of hydrogen-bond donors (Lipinski definition) is 2. The number of nitriles is 2. The van der Waals surface area contributed by atoms with Gasteiger partial charge in [0.25, 0.3) is 0 Å². The minimum Gasteiger partial charge on any atom is -0.761 e. The zero-order valence-electron chi connectivity index (χ0n) is 15.6. The molecule has 1 rings (SSSR count). The van der Waals surface area contributed by atoms with Gasteiger partial charge in [0, 0.05) is 6.07 Å². The first-order valence-electron chi connectivity index (χ1n) is 7.20. The second-order valence-corrected chi connectivity index (χ2v) is 5.55. The summed E-state index contributed by atoms with van der Waals surface area (Å²) in [4.78, 5) is 34.0. The molecule has 140 valence electrons. The first-order valence-corrected chi connectivity index (χ1v) is 8.01. The number of nitrogens with one attached hydrogen (secondary N) is 1. The van der Waals surface area contributed by atoms with Crippen LogP contribution in [0.2, 0.25) is 0 Å². The average molecular weight is 435 g/mol. The molecule has 27 heavy (non-hydrogen) atoms. The molecule has 1 heterocycles. The summed E-state index contributed by atoms with van der Waals surface area (Å²) in [6.45, 7) is 5.09. The largest absolute Gasteiger partial charge is 1.00 e. The van der Waals surface area contributed by atoms with E-state index in [4.69, 9.17) is 28.9 Å². The molecule has 0 saturated heterocycles. The molecule has 11 heteroatoms. The molecule has 0 aromatic carbocycles. The molecule has 0 bridgehead atoms. The molecule has 0 unspecified atom stereocenters. The molecule has 0 saturated carbocycles. The van der Waals surface area contributed by atoms with Crippen molar-refractivity contribution in [2.45, 2.75) is 38.6 Å². The number of carbonyl (C=O) groups excluding carboxylic acids is 2. The first-order chi connectivity index (χ1) is 12.1. The number of aromatic nitrogens is 1. The molecule has 0 fully saturated rings. The molecular formula is C16H19KN4O4S2. The van der Waals surface area contributed by atoms with Crippen LogP contribution < -0.4 is 62.7 Å². The number of nitrogens with two attached hydrogens (primary N) is 1. The number of carbonyl (C=O) groups is 2. The Labute approximate surface area is 211 Å². The number of aryl methyl sites for hydroxylation is 1. The summed E-state index contributed by atoms with van der Waals surface area (Å²) in [6, 6.07) is 5.07.